The molecule has 0 saturated carbocycles. The first kappa shape index (κ1) is 41.2. The Morgan fingerprint density at radius 1 is 0.646 bits per heavy atom. The van der Waals surface area contributed by atoms with Crippen LogP contribution >= 0.6 is 23.5 Å². The Morgan fingerprint density at radius 2 is 1.00 bits per heavy atom. The molecule has 0 spiro atoms. The summed E-state index contributed by atoms with van der Waals surface area (Å²) in [6, 6.07) is -3.28. The van der Waals surface area contributed by atoms with Crippen molar-refractivity contribution < 1.29 is 69.0 Å². The number of carbonyl (C=O) groups excluding carboxylic acids is 4. The Balaban J connectivity index is 3.12. The Hall–Kier alpha value is -4.80. The van der Waals surface area contributed by atoms with Gasteiger partial charge in [-0.1, -0.05) is 0 Å². The van der Waals surface area contributed by atoms with Crippen molar-refractivity contribution in [2.45, 2.75) is 59.6 Å². The van der Waals surface area contributed by atoms with Crippen molar-refractivity contribution in [3.63, 3.8) is 0 Å². The SMILES string of the molecule is N[C@@H](CCC(=O)N[C@@H](CSc1cc(O)cc(SC[C@H](NC(=O)CC[C@H](N)C(=O)O)C(=O)NCC(=O)O)c1O)C(=O)NCC(=O)O)C(=O)O. The molecular weight excluding hydrogens is 684 g/mol. The van der Waals surface area contributed by atoms with E-state index < -0.39 is 96.3 Å². The van der Waals surface area contributed by atoms with Gasteiger partial charge in [-0.05, 0) is 25.0 Å². The smallest absolute Gasteiger partial charge is 0.322 e. The lowest BCUT2D eigenvalue weighted by Crippen LogP contribution is -2.49. The van der Waals surface area contributed by atoms with E-state index in [0.717, 1.165) is 35.7 Å². The van der Waals surface area contributed by atoms with E-state index in [-0.39, 0.29) is 47.0 Å². The third-order valence-corrected chi connectivity index (χ3v) is 8.21. The standard InChI is InChI=1S/C26H36N6O14S2/c27-12(25(43)44)1-3-18(34)31-14(23(41)29-7-20(36)37)9-47-16-5-11(33)6-17(22(16)40)48-10-15(24(42)30-8-21(38)39)32-19(35)4-2-13(28)26(45)46/h5-6,12-15,33,40H,1-4,7-10,27-28H2,(H,29,41)(H,30,42)(H,31,34)(H,32,35)(H,36,37)(H,38,39)(H,43,44)(H,45,46)/t12-,13-,14-,15-/m0/s1. The maximum atomic E-state index is 12.6. The largest absolute Gasteiger partial charge is 0.508 e. The van der Waals surface area contributed by atoms with Crippen molar-refractivity contribution in [3.8, 4) is 11.5 Å². The molecule has 0 heterocycles. The summed E-state index contributed by atoms with van der Waals surface area (Å²) in [6.45, 7) is -1.58. The molecule has 1 aromatic rings. The molecule has 1 aromatic carbocycles. The fourth-order valence-corrected chi connectivity index (χ4v) is 5.55. The highest BCUT2D eigenvalue weighted by Gasteiger charge is 2.26. The lowest BCUT2D eigenvalue weighted by molar-refractivity contribution is -0.140. The minimum atomic E-state index is -1.40. The van der Waals surface area contributed by atoms with Gasteiger partial charge in [0, 0.05) is 24.3 Å². The van der Waals surface area contributed by atoms with Gasteiger partial charge in [-0.3, -0.25) is 38.4 Å². The van der Waals surface area contributed by atoms with Crippen molar-refractivity contribution in [1.29, 1.82) is 0 Å². The summed E-state index contributed by atoms with van der Waals surface area (Å²) < 4.78 is 0. The third kappa shape index (κ3) is 15.7. The van der Waals surface area contributed by atoms with Crippen LogP contribution < -0.4 is 32.7 Å². The van der Waals surface area contributed by atoms with E-state index in [1.165, 1.54) is 0 Å². The van der Waals surface area contributed by atoms with Crippen LogP contribution in [0.1, 0.15) is 25.7 Å². The zero-order chi connectivity index (χ0) is 36.6. The van der Waals surface area contributed by atoms with E-state index in [0.29, 0.717) is 0 Å². The minimum Gasteiger partial charge on any atom is -0.508 e. The predicted molar refractivity (Wildman–Crippen MR) is 166 cm³/mol. The fourth-order valence-electron chi connectivity index (χ4n) is 3.43. The number of nitrogens with one attached hydrogen (secondary N) is 4. The summed E-state index contributed by atoms with van der Waals surface area (Å²) in [5, 5.41) is 65.6. The van der Waals surface area contributed by atoms with Crippen LogP contribution in [0.15, 0.2) is 21.9 Å². The molecule has 0 unspecified atom stereocenters. The van der Waals surface area contributed by atoms with Crippen molar-refractivity contribution in [2.24, 2.45) is 11.5 Å². The zero-order valence-corrected chi connectivity index (χ0v) is 26.7. The van der Waals surface area contributed by atoms with Crippen LogP contribution in [-0.4, -0.2) is 127 Å². The van der Waals surface area contributed by atoms with Gasteiger partial charge in [-0.15, -0.1) is 23.5 Å². The molecule has 22 heteroatoms. The predicted octanol–water partition coefficient (Wildman–Crippen LogP) is -2.96. The second kappa shape index (κ2) is 20.4. The highest BCUT2D eigenvalue weighted by atomic mass is 32.2. The van der Waals surface area contributed by atoms with Crippen LogP contribution in [0.4, 0.5) is 0 Å². The summed E-state index contributed by atoms with van der Waals surface area (Å²) in [5.41, 5.74) is 10.8. The lowest BCUT2D eigenvalue weighted by atomic mass is 10.1. The Kier molecular flexibility index (Phi) is 17.6. The van der Waals surface area contributed by atoms with Crippen LogP contribution in [0, 0.1) is 0 Å². The van der Waals surface area contributed by atoms with Gasteiger partial charge in [0.05, 0.1) is 9.79 Å². The van der Waals surface area contributed by atoms with Crippen molar-refractivity contribution in [3.05, 3.63) is 12.1 Å². The molecule has 0 aliphatic heterocycles. The summed E-state index contributed by atoms with van der Waals surface area (Å²) in [4.78, 5) is 93.6. The number of hydrogen-bond donors (Lipinski definition) is 12. The van der Waals surface area contributed by atoms with Crippen molar-refractivity contribution in [2.75, 3.05) is 24.6 Å². The highest BCUT2D eigenvalue weighted by Crippen LogP contribution is 2.40. The van der Waals surface area contributed by atoms with Gasteiger partial charge in [-0.2, -0.15) is 0 Å². The number of nitrogens with two attached hydrogens (primary N) is 2. The maximum Gasteiger partial charge on any atom is 0.322 e. The normalized spacial score (nSPS) is 13.2. The van der Waals surface area contributed by atoms with E-state index in [4.69, 9.17) is 31.9 Å². The summed E-state index contributed by atoms with van der Waals surface area (Å²) in [7, 11) is 0. The number of carbonyl (C=O) groups is 8. The molecule has 0 radical (unpaired) electrons. The second-order valence-corrected chi connectivity index (χ2v) is 12.0. The molecule has 4 atom stereocenters. The van der Waals surface area contributed by atoms with E-state index in [9.17, 15) is 48.6 Å². The van der Waals surface area contributed by atoms with Crippen LogP contribution in [0.3, 0.4) is 0 Å². The highest BCUT2D eigenvalue weighted by molar-refractivity contribution is 8.00. The number of phenolic OH excluding ortho intramolecular Hbond substituents is 2. The van der Waals surface area contributed by atoms with Gasteiger partial charge >= 0.3 is 23.9 Å². The summed E-state index contributed by atoms with van der Waals surface area (Å²) in [6.07, 6.45) is -1.30. The van der Waals surface area contributed by atoms with Crippen LogP contribution in [0.2, 0.25) is 0 Å². The first-order valence-corrected chi connectivity index (χ1v) is 15.7. The maximum absolute atomic E-state index is 12.6. The van der Waals surface area contributed by atoms with Gasteiger partial charge in [0.2, 0.25) is 23.6 Å². The number of carboxylic acid groups (broad SMARTS) is 4. The van der Waals surface area contributed by atoms with Crippen molar-refractivity contribution >= 4 is 71.0 Å². The van der Waals surface area contributed by atoms with Crippen LogP contribution in [0.25, 0.3) is 0 Å². The van der Waals surface area contributed by atoms with Gasteiger partial charge in [-0.25, -0.2) is 0 Å². The van der Waals surface area contributed by atoms with Crippen LogP contribution in [0.5, 0.6) is 11.5 Å². The number of amides is 4. The van der Waals surface area contributed by atoms with Gasteiger partial charge in [0.25, 0.3) is 0 Å². The Morgan fingerprint density at radius 3 is 1.31 bits per heavy atom. The molecule has 14 N–H and O–H groups in total. The second-order valence-electron chi connectivity index (χ2n) is 9.84. The lowest BCUT2D eigenvalue weighted by Gasteiger charge is -2.20. The number of carboxylic acids is 4. The molecule has 1 rings (SSSR count). The molecule has 0 aliphatic rings. The molecular formula is C26H36N6O14S2. The number of rotatable bonds is 22. The molecule has 48 heavy (non-hydrogen) atoms. The first-order valence-electron chi connectivity index (χ1n) is 13.8. The number of hydrogen-bond acceptors (Lipinski definition) is 14. The number of benzene rings is 1. The number of phenols is 2. The molecule has 0 bridgehead atoms. The van der Waals surface area contributed by atoms with E-state index in [2.05, 4.69) is 21.3 Å². The summed E-state index contributed by atoms with van der Waals surface area (Å²) in [5.74, 6) is -10.4. The van der Waals surface area contributed by atoms with E-state index in [1.807, 2.05) is 0 Å². The fraction of sp³-hybridized carbons (Fsp3) is 0.462. The molecule has 266 valence electrons. The molecule has 0 aromatic heterocycles. The molecule has 0 aliphatic carbocycles. The number of thioether (sulfide) groups is 2. The van der Waals surface area contributed by atoms with E-state index in [1.54, 1.807) is 0 Å². The average molecular weight is 721 g/mol. The quantitative estimate of drug-likeness (QED) is 0.0420. The van der Waals surface area contributed by atoms with Crippen LogP contribution in [-0.2, 0) is 38.4 Å². The summed E-state index contributed by atoms with van der Waals surface area (Å²) >= 11 is 1.50. The van der Waals surface area contributed by atoms with Gasteiger partial charge in [0.15, 0.2) is 0 Å². The molecule has 0 fully saturated rings. The molecule has 20 nitrogen and oxygen atoms in total. The number of aliphatic carboxylic acids is 4. The zero-order valence-electron chi connectivity index (χ0n) is 25.0. The minimum absolute atomic E-state index is 0.0331. The van der Waals surface area contributed by atoms with Gasteiger partial charge in [0.1, 0.15) is 48.8 Å². The average Bonchev–Trinajstić information content (AvgIpc) is 3.01. The topological polar surface area (TPSA) is 358 Å². The van der Waals surface area contributed by atoms with E-state index >= 15 is 0 Å². The third-order valence-electron chi connectivity index (χ3n) is 5.97. The first-order chi connectivity index (χ1) is 22.4. The number of aromatic hydroxyl groups is 2. The Bertz CT molecular complexity index is 1280. The van der Waals surface area contributed by atoms with Crippen molar-refractivity contribution in [1.82, 2.24) is 21.3 Å². The monoisotopic (exact) mass is 720 g/mol. The molecule has 0 saturated heterocycles. The Labute approximate surface area is 280 Å². The van der Waals surface area contributed by atoms with Gasteiger partial charge < -0.3 is 63.4 Å². The molecule has 4 amide bonds.